The fraction of sp³-hybridized carbons (Fsp3) is 0.0769. The highest BCUT2D eigenvalue weighted by Gasteiger charge is 2.04. The Balaban J connectivity index is 2.35. The van der Waals surface area contributed by atoms with Crippen LogP contribution < -0.4 is 11.1 Å². The molecule has 88 valence electrons. The summed E-state index contributed by atoms with van der Waals surface area (Å²) in [5, 5.41) is 3.38. The van der Waals surface area contributed by atoms with E-state index in [1.165, 1.54) is 5.56 Å². The third kappa shape index (κ3) is 2.82. The molecule has 0 aliphatic carbocycles. The average molecular weight is 356 g/mol. The van der Waals surface area contributed by atoms with Crippen LogP contribution >= 0.6 is 31.9 Å². The van der Waals surface area contributed by atoms with Gasteiger partial charge >= 0.3 is 0 Å². The van der Waals surface area contributed by atoms with Crippen molar-refractivity contribution < 1.29 is 0 Å². The van der Waals surface area contributed by atoms with Crippen molar-refractivity contribution in [1.82, 2.24) is 0 Å². The number of halogens is 2. The lowest BCUT2D eigenvalue weighted by Crippen LogP contribution is -1.95. The lowest BCUT2D eigenvalue weighted by Gasteiger charge is -2.12. The fourth-order valence-electron chi connectivity index (χ4n) is 1.52. The smallest absolute Gasteiger partial charge is 0.0530 e. The summed E-state index contributed by atoms with van der Waals surface area (Å²) < 4.78 is 2.05. The number of benzene rings is 2. The van der Waals surface area contributed by atoms with Crippen LogP contribution in [0.25, 0.3) is 0 Å². The van der Waals surface area contributed by atoms with Gasteiger partial charge in [-0.1, -0.05) is 22.0 Å². The van der Waals surface area contributed by atoms with E-state index < -0.39 is 0 Å². The van der Waals surface area contributed by atoms with Gasteiger partial charge in [0.1, 0.15) is 0 Å². The molecule has 0 atom stereocenters. The maximum atomic E-state index is 5.71. The summed E-state index contributed by atoms with van der Waals surface area (Å²) in [5.74, 6) is 0. The molecule has 0 radical (unpaired) electrons. The molecule has 2 aromatic rings. The fourth-order valence-corrected chi connectivity index (χ4v) is 2.38. The number of nitrogen functional groups attached to an aromatic ring is 1. The van der Waals surface area contributed by atoms with E-state index in [9.17, 15) is 0 Å². The van der Waals surface area contributed by atoms with Gasteiger partial charge in [0, 0.05) is 20.3 Å². The van der Waals surface area contributed by atoms with Gasteiger partial charge in [0.15, 0.2) is 0 Å². The Kier molecular flexibility index (Phi) is 3.74. The largest absolute Gasteiger partial charge is 0.399 e. The van der Waals surface area contributed by atoms with Gasteiger partial charge in [-0.25, -0.2) is 0 Å². The highest BCUT2D eigenvalue weighted by molar-refractivity contribution is 9.11. The molecule has 2 rings (SSSR count). The minimum absolute atomic E-state index is 0.744. The van der Waals surface area contributed by atoms with Crippen molar-refractivity contribution in [2.75, 3.05) is 11.1 Å². The molecule has 0 aliphatic heterocycles. The standard InChI is InChI=1S/C13H12Br2N2/c1-8-10(14)3-2-4-12(8)17-13-6-5-9(16)7-11(13)15/h2-7,17H,16H2,1H3. The molecular weight excluding hydrogens is 344 g/mol. The second-order valence-electron chi connectivity index (χ2n) is 3.78. The second kappa shape index (κ2) is 5.10. The van der Waals surface area contributed by atoms with Gasteiger partial charge in [0.2, 0.25) is 0 Å². The van der Waals surface area contributed by atoms with Crippen molar-refractivity contribution in [3.8, 4) is 0 Å². The molecule has 0 amide bonds. The molecule has 4 heteroatoms. The summed E-state index contributed by atoms with van der Waals surface area (Å²) in [5.41, 5.74) is 9.70. The van der Waals surface area contributed by atoms with E-state index in [2.05, 4.69) is 44.1 Å². The van der Waals surface area contributed by atoms with E-state index >= 15 is 0 Å². The first kappa shape index (κ1) is 12.5. The zero-order valence-corrected chi connectivity index (χ0v) is 12.5. The van der Waals surface area contributed by atoms with Gasteiger partial charge < -0.3 is 11.1 Å². The number of anilines is 3. The van der Waals surface area contributed by atoms with Crippen LogP contribution in [0.5, 0.6) is 0 Å². The maximum Gasteiger partial charge on any atom is 0.0530 e. The average Bonchev–Trinajstić information content (AvgIpc) is 2.28. The number of nitrogens with one attached hydrogen (secondary N) is 1. The molecule has 0 saturated heterocycles. The quantitative estimate of drug-likeness (QED) is 0.756. The second-order valence-corrected chi connectivity index (χ2v) is 5.49. The van der Waals surface area contributed by atoms with Crippen molar-refractivity contribution in [1.29, 1.82) is 0 Å². The first-order chi connectivity index (χ1) is 8.08. The summed E-state index contributed by atoms with van der Waals surface area (Å²) in [6, 6.07) is 11.8. The Morgan fingerprint density at radius 3 is 2.47 bits per heavy atom. The molecule has 2 aromatic carbocycles. The molecule has 0 saturated carbocycles. The molecule has 0 heterocycles. The predicted octanol–water partition coefficient (Wildman–Crippen LogP) is 4.85. The first-order valence-electron chi connectivity index (χ1n) is 5.15. The minimum Gasteiger partial charge on any atom is -0.399 e. The molecule has 17 heavy (non-hydrogen) atoms. The zero-order valence-electron chi connectivity index (χ0n) is 9.30. The third-order valence-electron chi connectivity index (χ3n) is 2.53. The van der Waals surface area contributed by atoms with Crippen LogP contribution in [0.3, 0.4) is 0 Å². The van der Waals surface area contributed by atoms with E-state index in [0.717, 1.165) is 26.0 Å². The van der Waals surface area contributed by atoms with Gasteiger partial charge in [0.25, 0.3) is 0 Å². The van der Waals surface area contributed by atoms with Crippen LogP contribution in [-0.2, 0) is 0 Å². The van der Waals surface area contributed by atoms with E-state index in [1.54, 1.807) is 0 Å². The Morgan fingerprint density at radius 1 is 1.00 bits per heavy atom. The highest BCUT2D eigenvalue weighted by Crippen LogP contribution is 2.31. The van der Waals surface area contributed by atoms with Crippen molar-refractivity contribution in [2.24, 2.45) is 0 Å². The first-order valence-corrected chi connectivity index (χ1v) is 6.73. The molecule has 0 aliphatic rings. The molecule has 2 nitrogen and oxygen atoms in total. The third-order valence-corrected chi connectivity index (χ3v) is 4.05. The van der Waals surface area contributed by atoms with E-state index in [4.69, 9.17) is 5.73 Å². The van der Waals surface area contributed by atoms with Crippen molar-refractivity contribution in [3.63, 3.8) is 0 Å². The lowest BCUT2D eigenvalue weighted by molar-refractivity contribution is 1.40. The van der Waals surface area contributed by atoms with Crippen LogP contribution in [0.1, 0.15) is 5.56 Å². The molecule has 0 spiro atoms. The van der Waals surface area contributed by atoms with Crippen LogP contribution in [0.2, 0.25) is 0 Å². The van der Waals surface area contributed by atoms with Crippen LogP contribution in [0.15, 0.2) is 45.3 Å². The predicted molar refractivity (Wildman–Crippen MR) is 80.7 cm³/mol. The number of nitrogens with two attached hydrogens (primary N) is 1. The summed E-state index contributed by atoms with van der Waals surface area (Å²) in [6.07, 6.45) is 0. The molecule has 0 unspecified atom stereocenters. The normalized spacial score (nSPS) is 10.3. The molecular formula is C13H12Br2N2. The summed E-state index contributed by atoms with van der Waals surface area (Å²) in [7, 11) is 0. The van der Waals surface area contributed by atoms with E-state index in [0.29, 0.717) is 0 Å². The van der Waals surface area contributed by atoms with Crippen LogP contribution in [0, 0.1) is 6.92 Å². The maximum absolute atomic E-state index is 5.71. The number of rotatable bonds is 2. The summed E-state index contributed by atoms with van der Waals surface area (Å²) in [6.45, 7) is 2.07. The lowest BCUT2D eigenvalue weighted by atomic mass is 10.2. The van der Waals surface area contributed by atoms with E-state index in [-0.39, 0.29) is 0 Å². The molecule has 3 N–H and O–H groups in total. The molecule has 0 aromatic heterocycles. The molecule has 0 bridgehead atoms. The van der Waals surface area contributed by atoms with Crippen molar-refractivity contribution in [3.05, 3.63) is 50.9 Å². The van der Waals surface area contributed by atoms with Crippen molar-refractivity contribution >= 4 is 48.9 Å². The topological polar surface area (TPSA) is 38.0 Å². The number of hydrogen-bond acceptors (Lipinski definition) is 2. The Labute approximate surface area is 117 Å². The van der Waals surface area contributed by atoms with Gasteiger partial charge in [-0.3, -0.25) is 0 Å². The Hall–Kier alpha value is -1.00. The zero-order chi connectivity index (χ0) is 12.4. The van der Waals surface area contributed by atoms with Gasteiger partial charge in [-0.15, -0.1) is 0 Å². The number of hydrogen-bond donors (Lipinski definition) is 2. The van der Waals surface area contributed by atoms with Gasteiger partial charge in [-0.05, 0) is 58.7 Å². The molecule has 0 fully saturated rings. The van der Waals surface area contributed by atoms with Crippen LogP contribution in [0.4, 0.5) is 17.1 Å². The minimum atomic E-state index is 0.744. The SMILES string of the molecule is Cc1c(Br)cccc1Nc1ccc(N)cc1Br. The van der Waals surface area contributed by atoms with Gasteiger partial charge in [-0.2, -0.15) is 0 Å². The monoisotopic (exact) mass is 354 g/mol. The van der Waals surface area contributed by atoms with Gasteiger partial charge in [0.05, 0.1) is 5.69 Å². The van der Waals surface area contributed by atoms with Crippen LogP contribution in [-0.4, -0.2) is 0 Å². The van der Waals surface area contributed by atoms with Crippen molar-refractivity contribution in [2.45, 2.75) is 6.92 Å². The Bertz CT molecular complexity index is 553. The highest BCUT2D eigenvalue weighted by atomic mass is 79.9. The Morgan fingerprint density at radius 2 is 1.76 bits per heavy atom. The van der Waals surface area contributed by atoms with E-state index in [1.807, 2.05) is 36.4 Å². The summed E-state index contributed by atoms with van der Waals surface area (Å²) >= 11 is 7.01. The summed E-state index contributed by atoms with van der Waals surface area (Å²) in [4.78, 5) is 0.